The minimum absolute atomic E-state index is 0.0804. The van der Waals surface area contributed by atoms with Gasteiger partial charge in [0.25, 0.3) is 11.6 Å². The molecule has 0 radical (unpaired) electrons. The SMILES string of the molecule is CCN(Cc1ccc2c(c1)OCCO2)C(=O)COc1ccc([N+](=O)[O-])cc1Cl. The summed E-state index contributed by atoms with van der Waals surface area (Å²) in [5.41, 5.74) is 0.769. The number of nitrogens with zero attached hydrogens (tertiary/aromatic N) is 2. The van der Waals surface area contributed by atoms with Crippen molar-refractivity contribution in [1.29, 1.82) is 0 Å². The van der Waals surface area contributed by atoms with Gasteiger partial charge in [0.15, 0.2) is 18.1 Å². The maximum atomic E-state index is 12.5. The van der Waals surface area contributed by atoms with Crippen LogP contribution in [0.25, 0.3) is 0 Å². The highest BCUT2D eigenvalue weighted by Gasteiger charge is 2.17. The molecule has 148 valence electrons. The molecule has 0 N–H and O–H groups in total. The summed E-state index contributed by atoms with van der Waals surface area (Å²) in [6.45, 7) is 3.55. The van der Waals surface area contributed by atoms with Crippen LogP contribution in [-0.2, 0) is 11.3 Å². The monoisotopic (exact) mass is 406 g/mol. The maximum absolute atomic E-state index is 12.5. The van der Waals surface area contributed by atoms with Crippen molar-refractivity contribution in [2.45, 2.75) is 13.5 Å². The van der Waals surface area contributed by atoms with E-state index in [2.05, 4.69) is 0 Å². The fraction of sp³-hybridized carbons (Fsp3) is 0.316. The van der Waals surface area contributed by atoms with E-state index in [-0.39, 0.29) is 29.0 Å². The molecule has 0 fully saturated rings. The van der Waals surface area contributed by atoms with Crippen molar-refractivity contribution in [3.8, 4) is 17.2 Å². The molecule has 1 heterocycles. The fourth-order valence-electron chi connectivity index (χ4n) is 2.73. The van der Waals surface area contributed by atoms with Crippen LogP contribution in [0.2, 0.25) is 5.02 Å². The molecule has 2 aromatic carbocycles. The number of benzene rings is 2. The number of fused-ring (bicyclic) bond motifs is 1. The van der Waals surface area contributed by atoms with E-state index >= 15 is 0 Å². The first-order chi connectivity index (χ1) is 13.5. The number of hydrogen-bond acceptors (Lipinski definition) is 6. The van der Waals surface area contributed by atoms with Gasteiger partial charge in [-0.05, 0) is 30.7 Å². The summed E-state index contributed by atoms with van der Waals surface area (Å²) in [5, 5.41) is 10.8. The summed E-state index contributed by atoms with van der Waals surface area (Å²) in [6, 6.07) is 9.42. The number of hydrogen-bond donors (Lipinski definition) is 0. The summed E-state index contributed by atoms with van der Waals surface area (Å²) in [5.74, 6) is 1.35. The second-order valence-corrected chi connectivity index (χ2v) is 6.45. The zero-order valence-electron chi connectivity index (χ0n) is 15.2. The number of carbonyl (C=O) groups excluding carboxylic acids is 1. The van der Waals surface area contributed by atoms with Crippen LogP contribution < -0.4 is 14.2 Å². The van der Waals surface area contributed by atoms with Crippen molar-refractivity contribution in [1.82, 2.24) is 4.90 Å². The number of nitro benzene ring substituents is 1. The highest BCUT2D eigenvalue weighted by atomic mass is 35.5. The molecule has 0 unspecified atom stereocenters. The molecule has 1 aliphatic heterocycles. The van der Waals surface area contributed by atoms with Gasteiger partial charge >= 0.3 is 0 Å². The quantitative estimate of drug-likeness (QED) is 0.516. The smallest absolute Gasteiger partial charge is 0.271 e. The van der Waals surface area contributed by atoms with E-state index in [1.807, 2.05) is 25.1 Å². The molecule has 28 heavy (non-hydrogen) atoms. The summed E-state index contributed by atoms with van der Waals surface area (Å²) in [6.07, 6.45) is 0. The predicted molar refractivity (Wildman–Crippen MR) is 102 cm³/mol. The predicted octanol–water partition coefficient (Wildman–Crippen LogP) is 3.45. The Morgan fingerprint density at radius 3 is 2.64 bits per heavy atom. The first-order valence-electron chi connectivity index (χ1n) is 8.71. The summed E-state index contributed by atoms with van der Waals surface area (Å²) >= 11 is 5.99. The maximum Gasteiger partial charge on any atom is 0.271 e. The molecule has 9 heteroatoms. The second-order valence-electron chi connectivity index (χ2n) is 6.05. The first kappa shape index (κ1) is 19.8. The number of rotatable bonds is 7. The molecular weight excluding hydrogens is 388 g/mol. The highest BCUT2D eigenvalue weighted by molar-refractivity contribution is 6.32. The van der Waals surface area contributed by atoms with E-state index < -0.39 is 4.92 Å². The molecule has 1 amide bonds. The van der Waals surface area contributed by atoms with Gasteiger partial charge in [0.1, 0.15) is 19.0 Å². The number of ether oxygens (including phenoxy) is 3. The van der Waals surface area contributed by atoms with Gasteiger partial charge in [-0.3, -0.25) is 14.9 Å². The topological polar surface area (TPSA) is 91.1 Å². The molecule has 0 aromatic heterocycles. The Morgan fingerprint density at radius 2 is 1.96 bits per heavy atom. The lowest BCUT2D eigenvalue weighted by atomic mass is 10.1. The molecule has 8 nitrogen and oxygen atoms in total. The second kappa shape index (κ2) is 8.79. The third-order valence-corrected chi connectivity index (χ3v) is 4.49. The van der Waals surface area contributed by atoms with Crippen LogP contribution in [0.4, 0.5) is 5.69 Å². The lowest BCUT2D eigenvalue weighted by molar-refractivity contribution is -0.384. The standard InChI is InChI=1S/C19H19ClN2O6/c1-2-21(11-13-3-5-17-18(9-13)27-8-7-26-17)19(23)12-28-16-6-4-14(22(24)25)10-15(16)20/h3-6,9-10H,2,7-8,11-12H2,1H3. The number of non-ortho nitro benzene ring substituents is 1. The Morgan fingerprint density at radius 1 is 1.21 bits per heavy atom. The van der Waals surface area contributed by atoms with E-state index in [9.17, 15) is 14.9 Å². The van der Waals surface area contributed by atoms with Gasteiger partial charge in [-0.25, -0.2) is 0 Å². The fourth-order valence-corrected chi connectivity index (χ4v) is 2.96. The Hall–Kier alpha value is -3.00. The molecular formula is C19H19ClN2O6. The van der Waals surface area contributed by atoms with Gasteiger partial charge in [-0.15, -0.1) is 0 Å². The number of carbonyl (C=O) groups is 1. The largest absolute Gasteiger partial charge is 0.486 e. The van der Waals surface area contributed by atoms with Crippen molar-refractivity contribution in [3.05, 3.63) is 57.1 Å². The van der Waals surface area contributed by atoms with Crippen LogP contribution in [-0.4, -0.2) is 42.1 Å². The lowest BCUT2D eigenvalue weighted by Gasteiger charge is -2.23. The molecule has 0 atom stereocenters. The molecule has 0 saturated heterocycles. The van der Waals surface area contributed by atoms with E-state index in [4.69, 9.17) is 25.8 Å². The van der Waals surface area contributed by atoms with Crippen molar-refractivity contribution in [2.75, 3.05) is 26.4 Å². The average Bonchev–Trinajstić information content (AvgIpc) is 2.70. The van der Waals surface area contributed by atoms with E-state index in [0.717, 1.165) is 5.56 Å². The number of amides is 1. The van der Waals surface area contributed by atoms with Gasteiger partial charge in [0.2, 0.25) is 0 Å². The first-order valence-corrected chi connectivity index (χ1v) is 9.08. The van der Waals surface area contributed by atoms with Crippen LogP contribution in [0.5, 0.6) is 17.2 Å². The molecule has 3 rings (SSSR count). The van der Waals surface area contributed by atoms with Crippen LogP contribution in [0, 0.1) is 10.1 Å². The summed E-state index contributed by atoms with van der Waals surface area (Å²) in [7, 11) is 0. The number of likely N-dealkylation sites (N-methyl/N-ethyl adjacent to an activating group) is 1. The minimum Gasteiger partial charge on any atom is -0.486 e. The van der Waals surface area contributed by atoms with Gasteiger partial charge in [0.05, 0.1) is 9.95 Å². The van der Waals surface area contributed by atoms with Gasteiger partial charge in [-0.2, -0.15) is 0 Å². The van der Waals surface area contributed by atoms with Crippen LogP contribution in [0.3, 0.4) is 0 Å². The van der Waals surface area contributed by atoms with Gasteiger partial charge in [0, 0.05) is 25.2 Å². The van der Waals surface area contributed by atoms with Crippen molar-refractivity contribution in [3.63, 3.8) is 0 Å². The van der Waals surface area contributed by atoms with Gasteiger partial charge < -0.3 is 19.1 Å². The summed E-state index contributed by atoms with van der Waals surface area (Å²) in [4.78, 5) is 24.4. The molecule has 2 aromatic rings. The normalized spacial score (nSPS) is 12.4. The van der Waals surface area contributed by atoms with Crippen LogP contribution in [0.15, 0.2) is 36.4 Å². The van der Waals surface area contributed by atoms with Crippen molar-refractivity contribution < 1.29 is 23.9 Å². The Labute approximate surface area is 166 Å². The van der Waals surface area contributed by atoms with Gasteiger partial charge in [-0.1, -0.05) is 17.7 Å². The van der Waals surface area contributed by atoms with E-state index in [1.54, 1.807) is 4.90 Å². The Kier molecular flexibility index (Phi) is 6.20. The zero-order valence-corrected chi connectivity index (χ0v) is 16.0. The third-order valence-electron chi connectivity index (χ3n) is 4.19. The van der Waals surface area contributed by atoms with Crippen LogP contribution in [0.1, 0.15) is 12.5 Å². The van der Waals surface area contributed by atoms with E-state index in [0.29, 0.717) is 37.8 Å². The Balaban J connectivity index is 1.61. The number of nitro groups is 1. The molecule has 0 spiro atoms. The highest BCUT2D eigenvalue weighted by Crippen LogP contribution is 2.31. The third kappa shape index (κ3) is 4.64. The Bertz CT molecular complexity index is 889. The van der Waals surface area contributed by atoms with Crippen LogP contribution >= 0.6 is 11.6 Å². The minimum atomic E-state index is -0.549. The summed E-state index contributed by atoms with van der Waals surface area (Å²) < 4.78 is 16.5. The zero-order chi connectivity index (χ0) is 20.1. The molecule has 0 aliphatic carbocycles. The van der Waals surface area contributed by atoms with Crippen molar-refractivity contribution >= 4 is 23.2 Å². The van der Waals surface area contributed by atoms with E-state index in [1.165, 1.54) is 18.2 Å². The molecule has 0 saturated carbocycles. The average molecular weight is 407 g/mol. The lowest BCUT2D eigenvalue weighted by Crippen LogP contribution is -2.34. The molecule has 1 aliphatic rings. The number of halogens is 1. The van der Waals surface area contributed by atoms with Crippen molar-refractivity contribution in [2.24, 2.45) is 0 Å². The molecule has 0 bridgehead atoms.